The SMILES string of the molecule is CCCCc1cc(Cc2ccc(N)cc2)ccc1Cc1ccc(Cc2ccc(Cc3ccc(Cc4ccc(N)cc4)cc3)cc2)cc1. The minimum absolute atomic E-state index is 0.809. The highest BCUT2D eigenvalue weighted by Gasteiger charge is 2.08. The van der Waals surface area contributed by atoms with Crippen LogP contribution in [0.4, 0.5) is 11.4 Å². The number of benzene rings is 6. The lowest BCUT2D eigenvalue weighted by atomic mass is 9.92. The third kappa shape index (κ3) is 9.24. The van der Waals surface area contributed by atoms with Crippen molar-refractivity contribution in [2.45, 2.75) is 58.3 Å². The molecule has 4 N–H and O–H groups in total. The number of nitrogen functional groups attached to an aromatic ring is 2. The average molecular weight is 615 g/mol. The number of hydrogen-bond acceptors (Lipinski definition) is 2. The minimum atomic E-state index is 0.809. The Morgan fingerprint density at radius 3 is 1.00 bits per heavy atom. The van der Waals surface area contributed by atoms with Crippen molar-refractivity contribution in [3.8, 4) is 0 Å². The molecule has 6 rings (SSSR count). The van der Waals surface area contributed by atoms with Crippen LogP contribution in [0.3, 0.4) is 0 Å². The van der Waals surface area contributed by atoms with Gasteiger partial charge in [-0.15, -0.1) is 0 Å². The molecular weight excluding hydrogens is 569 g/mol. The van der Waals surface area contributed by atoms with E-state index in [2.05, 4.69) is 122 Å². The van der Waals surface area contributed by atoms with E-state index in [4.69, 9.17) is 11.5 Å². The maximum atomic E-state index is 5.89. The summed E-state index contributed by atoms with van der Waals surface area (Å²) in [5.41, 5.74) is 28.3. The first kappa shape index (κ1) is 31.9. The Labute approximate surface area is 281 Å². The summed E-state index contributed by atoms with van der Waals surface area (Å²) in [5.74, 6) is 0. The second-order valence-electron chi connectivity index (χ2n) is 13.0. The van der Waals surface area contributed by atoms with Crippen LogP contribution in [0, 0.1) is 0 Å². The zero-order valence-electron chi connectivity index (χ0n) is 27.6. The van der Waals surface area contributed by atoms with Crippen LogP contribution in [0.2, 0.25) is 0 Å². The van der Waals surface area contributed by atoms with Gasteiger partial charge in [-0.1, -0.05) is 129 Å². The first-order valence-electron chi connectivity index (χ1n) is 17.0. The number of rotatable bonds is 13. The number of unbranched alkanes of at least 4 members (excludes halogenated alkanes) is 1. The summed E-state index contributed by atoms with van der Waals surface area (Å²) in [7, 11) is 0. The smallest absolute Gasteiger partial charge is 0.0314 e. The second-order valence-corrected chi connectivity index (χ2v) is 13.0. The summed E-state index contributed by atoms with van der Waals surface area (Å²) in [6.07, 6.45) is 8.28. The van der Waals surface area contributed by atoms with E-state index in [1.807, 2.05) is 24.3 Å². The number of hydrogen-bond donors (Lipinski definition) is 2. The van der Waals surface area contributed by atoms with Crippen molar-refractivity contribution < 1.29 is 0 Å². The van der Waals surface area contributed by atoms with E-state index in [-0.39, 0.29) is 0 Å². The molecule has 47 heavy (non-hydrogen) atoms. The Bertz CT molecular complexity index is 1850. The molecule has 0 aliphatic rings. The molecule has 0 aromatic heterocycles. The van der Waals surface area contributed by atoms with Gasteiger partial charge in [0.2, 0.25) is 0 Å². The van der Waals surface area contributed by atoms with E-state index >= 15 is 0 Å². The zero-order valence-corrected chi connectivity index (χ0v) is 27.6. The standard InChI is InChI=1S/C45H46N2/c1-2-3-4-42-32-41(30-39-20-25-45(47)26-21-39)17-22-43(42)31-40-15-13-37(14-16-40)28-35-7-5-33(6-8-35)27-34-9-11-36(12-10-34)29-38-18-23-44(46)24-19-38/h5-26,32H,2-4,27-31,46-47H2,1H3. The maximum absolute atomic E-state index is 5.89. The second kappa shape index (κ2) is 15.5. The van der Waals surface area contributed by atoms with E-state index in [0.717, 1.165) is 49.9 Å². The average Bonchev–Trinajstić information content (AvgIpc) is 3.09. The van der Waals surface area contributed by atoms with E-state index in [9.17, 15) is 0 Å². The summed E-state index contributed by atoms with van der Waals surface area (Å²) < 4.78 is 0. The molecule has 0 aliphatic carbocycles. The van der Waals surface area contributed by atoms with Gasteiger partial charge in [-0.25, -0.2) is 0 Å². The molecule has 0 radical (unpaired) electrons. The van der Waals surface area contributed by atoms with Crippen LogP contribution in [0.25, 0.3) is 0 Å². The summed E-state index contributed by atoms with van der Waals surface area (Å²) >= 11 is 0. The molecule has 0 amide bonds. The van der Waals surface area contributed by atoms with E-state index in [1.165, 1.54) is 74.0 Å². The Kier molecular flexibility index (Phi) is 10.5. The number of nitrogens with two attached hydrogens (primary N) is 2. The molecule has 0 atom stereocenters. The highest BCUT2D eigenvalue weighted by Crippen LogP contribution is 2.23. The van der Waals surface area contributed by atoms with Crippen molar-refractivity contribution in [1.82, 2.24) is 0 Å². The van der Waals surface area contributed by atoms with Gasteiger partial charge in [-0.3, -0.25) is 0 Å². The molecule has 6 aromatic rings. The first-order valence-corrected chi connectivity index (χ1v) is 17.0. The van der Waals surface area contributed by atoms with Crippen LogP contribution in [0.5, 0.6) is 0 Å². The molecule has 2 nitrogen and oxygen atoms in total. The van der Waals surface area contributed by atoms with Crippen molar-refractivity contribution in [2.75, 3.05) is 11.5 Å². The molecule has 0 saturated heterocycles. The van der Waals surface area contributed by atoms with Crippen LogP contribution in [0.15, 0.2) is 140 Å². The monoisotopic (exact) mass is 614 g/mol. The topological polar surface area (TPSA) is 52.0 Å². The molecule has 0 spiro atoms. The highest BCUT2D eigenvalue weighted by molar-refractivity contribution is 5.44. The summed E-state index contributed by atoms with van der Waals surface area (Å²) in [6, 6.07) is 50.8. The Morgan fingerprint density at radius 2 is 0.638 bits per heavy atom. The Hall–Kier alpha value is -5.08. The van der Waals surface area contributed by atoms with Gasteiger partial charge >= 0.3 is 0 Å². The molecule has 0 heterocycles. The van der Waals surface area contributed by atoms with Crippen molar-refractivity contribution >= 4 is 11.4 Å². The Balaban J connectivity index is 1.04. The third-order valence-electron chi connectivity index (χ3n) is 9.13. The molecule has 0 bridgehead atoms. The van der Waals surface area contributed by atoms with Gasteiger partial charge in [-0.05, 0) is 130 Å². The van der Waals surface area contributed by atoms with Gasteiger partial charge in [0.05, 0.1) is 0 Å². The summed E-state index contributed by atoms with van der Waals surface area (Å²) in [6.45, 7) is 2.27. The van der Waals surface area contributed by atoms with Gasteiger partial charge in [0.1, 0.15) is 0 Å². The van der Waals surface area contributed by atoms with Crippen molar-refractivity contribution in [2.24, 2.45) is 0 Å². The number of aryl methyl sites for hydroxylation is 1. The maximum Gasteiger partial charge on any atom is 0.0314 e. The summed E-state index contributed by atoms with van der Waals surface area (Å²) in [4.78, 5) is 0. The van der Waals surface area contributed by atoms with E-state index in [1.54, 1.807) is 0 Å². The normalized spacial score (nSPS) is 11.1. The van der Waals surface area contributed by atoms with Gasteiger partial charge in [0.25, 0.3) is 0 Å². The van der Waals surface area contributed by atoms with Gasteiger partial charge in [0.15, 0.2) is 0 Å². The molecule has 236 valence electrons. The lowest BCUT2D eigenvalue weighted by molar-refractivity contribution is 0.787. The van der Waals surface area contributed by atoms with Crippen LogP contribution in [0.1, 0.15) is 81.0 Å². The molecule has 0 saturated carbocycles. The third-order valence-corrected chi connectivity index (χ3v) is 9.13. The predicted molar refractivity (Wildman–Crippen MR) is 200 cm³/mol. The minimum Gasteiger partial charge on any atom is -0.399 e. The van der Waals surface area contributed by atoms with Gasteiger partial charge < -0.3 is 11.5 Å². The molecular formula is C45H46N2. The molecule has 0 fully saturated rings. The lowest BCUT2D eigenvalue weighted by Crippen LogP contribution is -1.99. The molecule has 0 aliphatic heterocycles. The quantitative estimate of drug-likeness (QED) is 0.127. The van der Waals surface area contributed by atoms with Crippen LogP contribution < -0.4 is 11.5 Å². The van der Waals surface area contributed by atoms with Crippen molar-refractivity contribution in [3.63, 3.8) is 0 Å². The highest BCUT2D eigenvalue weighted by atomic mass is 14.5. The van der Waals surface area contributed by atoms with Gasteiger partial charge in [0, 0.05) is 11.4 Å². The van der Waals surface area contributed by atoms with Gasteiger partial charge in [-0.2, -0.15) is 0 Å². The van der Waals surface area contributed by atoms with Crippen LogP contribution in [-0.4, -0.2) is 0 Å². The fourth-order valence-electron chi connectivity index (χ4n) is 6.32. The van der Waals surface area contributed by atoms with Crippen molar-refractivity contribution in [3.05, 3.63) is 201 Å². The number of anilines is 2. The molecule has 2 heteroatoms. The largest absolute Gasteiger partial charge is 0.399 e. The molecule has 0 unspecified atom stereocenters. The predicted octanol–water partition coefficient (Wildman–Crippen LogP) is 10.1. The fourth-order valence-corrected chi connectivity index (χ4v) is 6.32. The summed E-state index contributed by atoms with van der Waals surface area (Å²) in [5, 5.41) is 0. The van der Waals surface area contributed by atoms with E-state index < -0.39 is 0 Å². The van der Waals surface area contributed by atoms with Crippen LogP contribution >= 0.6 is 0 Å². The molecule has 6 aromatic carbocycles. The van der Waals surface area contributed by atoms with Crippen LogP contribution in [-0.2, 0) is 38.5 Å². The Morgan fingerprint density at radius 1 is 0.340 bits per heavy atom. The lowest BCUT2D eigenvalue weighted by Gasteiger charge is -2.13. The fraction of sp³-hybridized carbons (Fsp3) is 0.200. The van der Waals surface area contributed by atoms with Crippen molar-refractivity contribution in [1.29, 1.82) is 0 Å². The van der Waals surface area contributed by atoms with E-state index in [0.29, 0.717) is 0 Å². The first-order chi connectivity index (χ1) is 23.0. The zero-order chi connectivity index (χ0) is 32.4.